The zero-order valence-corrected chi connectivity index (χ0v) is 11.9. The number of quaternary nitrogens is 1. The Balaban J connectivity index is 2.11. The van der Waals surface area contributed by atoms with Gasteiger partial charge >= 0.3 is 0 Å². The van der Waals surface area contributed by atoms with E-state index in [0.29, 0.717) is 11.5 Å². The second kappa shape index (κ2) is 4.53. The van der Waals surface area contributed by atoms with Crippen molar-refractivity contribution in [3.8, 4) is 11.9 Å². The van der Waals surface area contributed by atoms with E-state index in [0.717, 1.165) is 43.7 Å². The molecule has 106 valence electrons. The van der Waals surface area contributed by atoms with Gasteiger partial charge in [0.05, 0.1) is 25.0 Å². The third-order valence-electron chi connectivity index (χ3n) is 4.75. The molecular formula is C14H20N5O+. The van der Waals surface area contributed by atoms with Crippen molar-refractivity contribution in [3.05, 3.63) is 22.7 Å². The third kappa shape index (κ3) is 1.63. The van der Waals surface area contributed by atoms with E-state index in [4.69, 9.17) is 10.5 Å². The maximum atomic E-state index is 9.55. The zero-order chi connectivity index (χ0) is 14.3. The van der Waals surface area contributed by atoms with Crippen LogP contribution in [-0.4, -0.2) is 29.8 Å². The van der Waals surface area contributed by atoms with Gasteiger partial charge in [0.1, 0.15) is 11.6 Å². The summed E-state index contributed by atoms with van der Waals surface area (Å²) in [6.45, 7) is 7.37. The monoisotopic (exact) mass is 274 g/mol. The van der Waals surface area contributed by atoms with E-state index in [1.807, 2.05) is 6.92 Å². The lowest BCUT2D eigenvalue weighted by molar-refractivity contribution is -0.904. The molecule has 4 N–H and O–H groups in total. The number of nitrogens with one attached hydrogen (secondary N) is 2. The molecule has 0 bridgehead atoms. The molecule has 20 heavy (non-hydrogen) atoms. The number of nitrogens with two attached hydrogens (primary N) is 1. The van der Waals surface area contributed by atoms with Crippen molar-refractivity contribution in [2.24, 2.45) is 5.73 Å². The number of hydrogen-bond acceptors (Lipinski definition) is 4. The van der Waals surface area contributed by atoms with Crippen LogP contribution in [0.2, 0.25) is 0 Å². The summed E-state index contributed by atoms with van der Waals surface area (Å²) in [7, 11) is 0. The second-order valence-corrected chi connectivity index (χ2v) is 5.67. The van der Waals surface area contributed by atoms with Crippen molar-refractivity contribution >= 4 is 0 Å². The molecule has 2 aliphatic rings. The molecule has 1 saturated heterocycles. The zero-order valence-electron chi connectivity index (χ0n) is 11.9. The summed E-state index contributed by atoms with van der Waals surface area (Å²) in [6, 6.07) is 2.28. The highest BCUT2D eigenvalue weighted by atomic mass is 16.5. The van der Waals surface area contributed by atoms with Crippen molar-refractivity contribution < 1.29 is 9.64 Å². The fourth-order valence-electron chi connectivity index (χ4n) is 3.61. The van der Waals surface area contributed by atoms with E-state index in [9.17, 15) is 5.26 Å². The Labute approximate surface area is 118 Å². The van der Waals surface area contributed by atoms with Crippen LogP contribution in [0, 0.1) is 18.3 Å². The number of rotatable bonds is 1. The van der Waals surface area contributed by atoms with E-state index in [2.05, 4.69) is 23.2 Å². The van der Waals surface area contributed by atoms with Crippen LogP contribution in [0.5, 0.6) is 5.88 Å². The summed E-state index contributed by atoms with van der Waals surface area (Å²) < 4.78 is 5.52. The largest absolute Gasteiger partial charge is 0.420 e. The Kier molecular flexibility index (Phi) is 2.94. The average Bonchev–Trinajstić information content (AvgIpc) is 2.82. The van der Waals surface area contributed by atoms with Crippen LogP contribution in [0.1, 0.15) is 31.0 Å². The Morgan fingerprint density at radius 3 is 2.80 bits per heavy atom. The number of aromatic amines is 1. The number of aromatic nitrogens is 2. The first-order valence-corrected chi connectivity index (χ1v) is 7.09. The first-order chi connectivity index (χ1) is 9.62. The van der Waals surface area contributed by atoms with Crippen molar-refractivity contribution in [1.29, 1.82) is 5.26 Å². The van der Waals surface area contributed by atoms with Gasteiger partial charge in [-0.1, -0.05) is 0 Å². The van der Waals surface area contributed by atoms with E-state index in [-0.39, 0.29) is 11.3 Å². The van der Waals surface area contributed by atoms with Crippen LogP contribution in [0.15, 0.2) is 11.5 Å². The lowest BCUT2D eigenvalue weighted by Crippen LogP contribution is -3.13. The summed E-state index contributed by atoms with van der Waals surface area (Å²) in [6.07, 6.45) is 1.83. The molecular weight excluding hydrogens is 254 g/mol. The van der Waals surface area contributed by atoms with Crippen molar-refractivity contribution in [3.63, 3.8) is 0 Å². The number of allylic oxidation sites excluding steroid dienone is 1. The highest BCUT2D eigenvalue weighted by Crippen LogP contribution is 2.48. The van der Waals surface area contributed by atoms with Gasteiger partial charge < -0.3 is 15.4 Å². The average molecular weight is 274 g/mol. The number of likely N-dealkylation sites (tertiary alicyclic amines) is 1. The molecule has 3 heterocycles. The Morgan fingerprint density at radius 1 is 1.50 bits per heavy atom. The quantitative estimate of drug-likeness (QED) is 0.658. The second-order valence-electron chi connectivity index (χ2n) is 5.67. The molecule has 0 unspecified atom stereocenters. The van der Waals surface area contributed by atoms with Gasteiger partial charge in [0.2, 0.25) is 11.8 Å². The topological polar surface area (TPSA) is 92.2 Å². The maximum absolute atomic E-state index is 9.55. The first kappa shape index (κ1) is 13.0. The Bertz CT molecular complexity index is 602. The third-order valence-corrected chi connectivity index (χ3v) is 4.75. The van der Waals surface area contributed by atoms with Gasteiger partial charge in [0.25, 0.3) is 0 Å². The van der Waals surface area contributed by atoms with Crippen LogP contribution in [-0.2, 0) is 5.41 Å². The molecule has 1 spiro atoms. The first-order valence-electron chi connectivity index (χ1n) is 7.09. The molecule has 1 aromatic rings. The van der Waals surface area contributed by atoms with Gasteiger partial charge in [-0.05, 0) is 13.8 Å². The van der Waals surface area contributed by atoms with Crippen molar-refractivity contribution in [1.82, 2.24) is 10.2 Å². The van der Waals surface area contributed by atoms with Crippen LogP contribution >= 0.6 is 0 Å². The van der Waals surface area contributed by atoms with Gasteiger partial charge in [0.15, 0.2) is 0 Å². The van der Waals surface area contributed by atoms with E-state index in [1.54, 1.807) is 4.90 Å². The van der Waals surface area contributed by atoms with Crippen LogP contribution in [0.4, 0.5) is 0 Å². The normalized spacial score (nSPS) is 28.9. The smallest absolute Gasteiger partial charge is 0.244 e. The standard InChI is InChI=1S/C14H19N5O/c1-3-19-6-4-14(5-7-19)10(8-15)12(16)20-13-11(14)9(2)17-18-13/h3-7,16H2,1-2H3,(H,17,18)/p+1. The summed E-state index contributed by atoms with van der Waals surface area (Å²) >= 11 is 0. The van der Waals surface area contributed by atoms with E-state index < -0.39 is 0 Å². The summed E-state index contributed by atoms with van der Waals surface area (Å²) in [5.41, 5.74) is 8.22. The van der Waals surface area contributed by atoms with Gasteiger partial charge in [-0.25, -0.2) is 0 Å². The molecule has 0 radical (unpaired) electrons. The number of nitrogens with zero attached hydrogens (tertiary/aromatic N) is 2. The minimum Gasteiger partial charge on any atom is -0.420 e. The SMILES string of the molecule is CC[NH+]1CCC2(CC1)C(C#N)=C(N)Oc1n[nH]c(C)c12. The fraction of sp³-hybridized carbons (Fsp3) is 0.571. The Hall–Kier alpha value is -2.00. The molecule has 0 atom stereocenters. The van der Waals surface area contributed by atoms with E-state index in [1.165, 1.54) is 0 Å². The van der Waals surface area contributed by atoms with Gasteiger partial charge in [0, 0.05) is 24.1 Å². The van der Waals surface area contributed by atoms with Crippen LogP contribution < -0.4 is 15.4 Å². The highest BCUT2D eigenvalue weighted by molar-refractivity contribution is 5.54. The minimum absolute atomic E-state index is 0.214. The van der Waals surface area contributed by atoms with Crippen LogP contribution in [0.3, 0.4) is 0 Å². The molecule has 1 aromatic heterocycles. The predicted octanol–water partition coefficient (Wildman–Crippen LogP) is -0.259. The lowest BCUT2D eigenvalue weighted by Gasteiger charge is -2.41. The molecule has 6 nitrogen and oxygen atoms in total. The molecule has 0 amide bonds. The molecule has 0 aromatic carbocycles. The maximum Gasteiger partial charge on any atom is 0.244 e. The number of hydrogen-bond donors (Lipinski definition) is 3. The molecule has 1 fully saturated rings. The van der Waals surface area contributed by atoms with Gasteiger partial charge in [-0.2, -0.15) is 5.26 Å². The minimum atomic E-state index is -0.317. The predicted molar refractivity (Wildman–Crippen MR) is 72.9 cm³/mol. The number of H-pyrrole nitrogens is 1. The number of nitriles is 1. The highest BCUT2D eigenvalue weighted by Gasteiger charge is 2.49. The number of piperidine rings is 1. The fourth-order valence-corrected chi connectivity index (χ4v) is 3.61. The van der Waals surface area contributed by atoms with Crippen molar-refractivity contribution in [2.75, 3.05) is 19.6 Å². The van der Waals surface area contributed by atoms with Crippen LogP contribution in [0.25, 0.3) is 0 Å². The molecule has 6 heteroatoms. The molecule has 0 saturated carbocycles. The Morgan fingerprint density at radius 2 is 2.20 bits per heavy atom. The summed E-state index contributed by atoms with van der Waals surface area (Å²) in [4.78, 5) is 1.57. The number of fused-ring (bicyclic) bond motifs is 2. The molecule has 2 aliphatic heterocycles. The van der Waals surface area contributed by atoms with Crippen molar-refractivity contribution in [2.45, 2.75) is 32.1 Å². The molecule has 3 rings (SSSR count). The molecule has 0 aliphatic carbocycles. The summed E-state index contributed by atoms with van der Waals surface area (Å²) in [5.74, 6) is 0.755. The van der Waals surface area contributed by atoms with Gasteiger partial charge in [-0.3, -0.25) is 5.10 Å². The lowest BCUT2D eigenvalue weighted by atomic mass is 9.67. The van der Waals surface area contributed by atoms with Gasteiger partial charge in [-0.15, -0.1) is 5.10 Å². The number of ether oxygens (including phenoxy) is 1. The number of aryl methyl sites for hydroxylation is 1. The summed E-state index contributed by atoms with van der Waals surface area (Å²) in [5, 5.41) is 16.7. The van der Waals surface area contributed by atoms with E-state index >= 15 is 0 Å².